The van der Waals surface area contributed by atoms with Crippen LogP contribution in [0.15, 0.2) is 114 Å². The van der Waals surface area contributed by atoms with Crippen LogP contribution in [0.4, 0.5) is 5.69 Å². The van der Waals surface area contributed by atoms with Crippen molar-refractivity contribution in [1.29, 1.82) is 0 Å². The molecule has 4 aromatic carbocycles. The zero-order chi connectivity index (χ0) is 30.1. The fourth-order valence-corrected chi connectivity index (χ4v) is 6.11. The second-order valence-electron chi connectivity index (χ2n) is 9.49. The van der Waals surface area contributed by atoms with E-state index in [1.165, 1.54) is 24.1 Å². The van der Waals surface area contributed by atoms with Gasteiger partial charge in [0.25, 0.3) is 10.0 Å². The Morgan fingerprint density at radius 3 is 2.10 bits per heavy atom. The van der Waals surface area contributed by atoms with E-state index >= 15 is 0 Å². The number of anilines is 1. The van der Waals surface area contributed by atoms with Gasteiger partial charge in [-0.3, -0.25) is 13.9 Å². The van der Waals surface area contributed by atoms with Crippen LogP contribution in [0.1, 0.15) is 11.1 Å². The summed E-state index contributed by atoms with van der Waals surface area (Å²) in [7, 11) is -1.11. The Hall–Kier alpha value is -4.34. The summed E-state index contributed by atoms with van der Waals surface area (Å²) in [6, 6.07) is 29.7. The summed E-state index contributed by atoms with van der Waals surface area (Å²) in [5, 5.41) is 3.09. The van der Waals surface area contributed by atoms with E-state index in [2.05, 4.69) is 5.32 Å². The Morgan fingerprint density at radius 1 is 0.857 bits per heavy atom. The number of sulfonamides is 1. The number of nitrogens with one attached hydrogen (secondary N) is 1. The number of rotatable bonds is 12. The molecule has 1 N–H and O–H groups in total. The first-order valence-electron chi connectivity index (χ1n) is 13.2. The third-order valence-corrected chi connectivity index (χ3v) is 8.77. The molecule has 4 aromatic rings. The van der Waals surface area contributed by atoms with Crippen molar-refractivity contribution in [3.8, 4) is 5.75 Å². The van der Waals surface area contributed by atoms with Crippen molar-refractivity contribution in [2.24, 2.45) is 0 Å². The van der Waals surface area contributed by atoms with Gasteiger partial charge in [0.1, 0.15) is 18.3 Å². The lowest BCUT2D eigenvalue weighted by molar-refractivity contribution is -0.139. The first-order chi connectivity index (χ1) is 20.2. The van der Waals surface area contributed by atoms with E-state index in [0.29, 0.717) is 16.3 Å². The zero-order valence-corrected chi connectivity index (χ0v) is 24.9. The van der Waals surface area contributed by atoms with Gasteiger partial charge in [-0.1, -0.05) is 72.3 Å². The first-order valence-corrected chi connectivity index (χ1v) is 15.1. The highest BCUT2D eigenvalue weighted by Gasteiger charge is 2.34. The highest BCUT2D eigenvalue weighted by Crippen LogP contribution is 2.26. The van der Waals surface area contributed by atoms with Gasteiger partial charge in [-0.05, 0) is 59.7 Å². The number of halogens is 1. The summed E-state index contributed by atoms with van der Waals surface area (Å²) < 4.78 is 34.2. The second-order valence-corrected chi connectivity index (χ2v) is 11.8. The number of hydrogen-bond donors (Lipinski definition) is 1. The van der Waals surface area contributed by atoms with Crippen molar-refractivity contribution >= 4 is 39.1 Å². The van der Waals surface area contributed by atoms with Crippen LogP contribution in [0, 0.1) is 0 Å². The number of methoxy groups -OCH3 is 1. The number of ether oxygens (including phenoxy) is 1. The number of nitrogens with zero attached hydrogens (tertiary/aromatic N) is 2. The second kappa shape index (κ2) is 14.0. The minimum atomic E-state index is -4.17. The molecular weight excluding hydrogens is 574 g/mol. The first kappa shape index (κ1) is 30.6. The van der Waals surface area contributed by atoms with E-state index in [-0.39, 0.29) is 29.5 Å². The molecule has 1 unspecified atom stereocenters. The largest absolute Gasteiger partial charge is 0.497 e. The predicted molar refractivity (Wildman–Crippen MR) is 164 cm³/mol. The minimum Gasteiger partial charge on any atom is -0.497 e. The van der Waals surface area contributed by atoms with Crippen molar-refractivity contribution in [1.82, 2.24) is 10.2 Å². The third kappa shape index (κ3) is 7.48. The zero-order valence-electron chi connectivity index (χ0n) is 23.3. The molecule has 4 rings (SSSR count). The highest BCUT2D eigenvalue weighted by molar-refractivity contribution is 7.92. The molecule has 10 heteroatoms. The van der Waals surface area contributed by atoms with Crippen molar-refractivity contribution < 1.29 is 22.7 Å². The smallest absolute Gasteiger partial charge is 0.264 e. The maximum atomic E-state index is 14.3. The van der Waals surface area contributed by atoms with Crippen molar-refractivity contribution in [3.63, 3.8) is 0 Å². The molecule has 218 valence electrons. The van der Waals surface area contributed by atoms with Gasteiger partial charge < -0.3 is 15.0 Å². The molecule has 0 aromatic heterocycles. The molecule has 42 heavy (non-hydrogen) atoms. The van der Waals surface area contributed by atoms with Gasteiger partial charge in [0.05, 0.1) is 17.7 Å². The number of likely N-dealkylation sites (N-methyl/N-ethyl adjacent to an activating group) is 1. The molecule has 0 aliphatic carbocycles. The SMILES string of the molecule is CNC(=O)C(Cc1ccccc1)N(Cc1cccc(OC)c1)C(=O)CN(c1ccc(Cl)cc1)S(=O)(=O)c1ccccc1. The molecule has 0 bridgehead atoms. The summed E-state index contributed by atoms with van der Waals surface area (Å²) in [6.45, 7) is -0.508. The maximum absolute atomic E-state index is 14.3. The van der Waals surface area contributed by atoms with Crippen molar-refractivity contribution in [3.05, 3.63) is 125 Å². The number of amides is 2. The third-order valence-electron chi connectivity index (χ3n) is 6.73. The maximum Gasteiger partial charge on any atom is 0.264 e. The standard InChI is InChI=1S/C32H32ClN3O5S/c1-34-32(38)30(21-24-10-5-3-6-11-24)35(22-25-12-9-13-28(20-25)41-2)31(37)23-36(27-18-16-26(33)17-19-27)42(39,40)29-14-7-4-8-15-29/h3-20,30H,21-23H2,1-2H3,(H,34,38). The van der Waals surface area contributed by atoms with E-state index in [9.17, 15) is 18.0 Å². The predicted octanol–water partition coefficient (Wildman–Crippen LogP) is 4.93. The average molecular weight is 606 g/mol. The van der Waals surface area contributed by atoms with Gasteiger partial charge in [0.2, 0.25) is 11.8 Å². The number of hydrogen-bond acceptors (Lipinski definition) is 5. The van der Waals surface area contributed by atoms with E-state index in [0.717, 1.165) is 9.87 Å². The Kier molecular flexibility index (Phi) is 10.2. The lowest BCUT2D eigenvalue weighted by Gasteiger charge is -2.33. The number of carbonyl (C=O) groups excluding carboxylic acids is 2. The molecule has 0 heterocycles. The van der Waals surface area contributed by atoms with Gasteiger partial charge in [-0.25, -0.2) is 8.42 Å². The Bertz CT molecular complexity index is 1600. The van der Waals surface area contributed by atoms with Crippen LogP contribution in [-0.4, -0.2) is 51.9 Å². The molecule has 0 aliphatic heterocycles. The molecule has 0 saturated heterocycles. The van der Waals surface area contributed by atoms with Gasteiger partial charge in [0, 0.05) is 25.0 Å². The molecule has 1 atom stereocenters. The van der Waals surface area contributed by atoms with Crippen LogP contribution in [0.3, 0.4) is 0 Å². The summed E-state index contributed by atoms with van der Waals surface area (Å²) in [5.41, 5.74) is 1.83. The quantitative estimate of drug-likeness (QED) is 0.247. The lowest BCUT2D eigenvalue weighted by Crippen LogP contribution is -2.53. The minimum absolute atomic E-state index is 0.0271. The van der Waals surface area contributed by atoms with Crippen molar-refractivity contribution in [2.45, 2.75) is 23.9 Å². The molecule has 8 nitrogen and oxygen atoms in total. The van der Waals surface area contributed by atoms with E-state index in [1.807, 2.05) is 36.4 Å². The summed E-state index contributed by atoms with van der Waals surface area (Å²) >= 11 is 6.09. The van der Waals surface area contributed by atoms with Crippen molar-refractivity contribution in [2.75, 3.05) is 25.0 Å². The van der Waals surface area contributed by atoms with Crippen LogP contribution in [0.2, 0.25) is 5.02 Å². The topological polar surface area (TPSA) is 96.0 Å². The summed E-state index contributed by atoms with van der Waals surface area (Å²) in [6.07, 6.45) is 0.225. The Labute approximate surface area is 251 Å². The van der Waals surface area contributed by atoms with E-state index < -0.39 is 28.5 Å². The molecule has 2 amide bonds. The number of benzene rings is 4. The van der Waals surface area contributed by atoms with E-state index in [4.69, 9.17) is 16.3 Å². The lowest BCUT2D eigenvalue weighted by atomic mass is 10.0. The van der Waals surface area contributed by atoms with Gasteiger partial charge >= 0.3 is 0 Å². The molecule has 0 saturated carbocycles. The molecule has 0 aliphatic rings. The van der Waals surface area contributed by atoms with Crippen LogP contribution in [0.25, 0.3) is 0 Å². The molecular formula is C32H32ClN3O5S. The van der Waals surface area contributed by atoms with Crippen LogP contribution in [-0.2, 0) is 32.6 Å². The highest BCUT2D eigenvalue weighted by atomic mass is 35.5. The molecule has 0 radical (unpaired) electrons. The van der Waals surface area contributed by atoms with Crippen LogP contribution in [0.5, 0.6) is 5.75 Å². The number of carbonyl (C=O) groups is 2. The monoisotopic (exact) mass is 605 g/mol. The summed E-state index contributed by atoms with van der Waals surface area (Å²) in [4.78, 5) is 29.0. The fourth-order valence-electron chi connectivity index (χ4n) is 4.54. The normalized spacial score (nSPS) is 11.8. The Balaban J connectivity index is 1.78. The Morgan fingerprint density at radius 2 is 1.48 bits per heavy atom. The van der Waals surface area contributed by atoms with Gasteiger partial charge in [0.15, 0.2) is 0 Å². The molecule has 0 fully saturated rings. The van der Waals surface area contributed by atoms with Gasteiger partial charge in [-0.15, -0.1) is 0 Å². The summed E-state index contributed by atoms with van der Waals surface area (Å²) in [5.74, 6) is -0.343. The average Bonchev–Trinajstić information content (AvgIpc) is 3.02. The fraction of sp³-hybridized carbons (Fsp3) is 0.188. The van der Waals surface area contributed by atoms with Crippen LogP contribution >= 0.6 is 11.6 Å². The van der Waals surface area contributed by atoms with E-state index in [1.54, 1.807) is 67.8 Å². The van der Waals surface area contributed by atoms with Gasteiger partial charge in [-0.2, -0.15) is 0 Å². The molecule has 0 spiro atoms. The van der Waals surface area contributed by atoms with Crippen LogP contribution < -0.4 is 14.4 Å².